The van der Waals surface area contributed by atoms with Gasteiger partial charge in [0.25, 0.3) is 0 Å². The maximum absolute atomic E-state index is 6.58. The highest BCUT2D eigenvalue weighted by atomic mass is 16.5. The van der Waals surface area contributed by atoms with Crippen molar-refractivity contribution in [2.45, 2.75) is 38.0 Å². The fourth-order valence-corrected chi connectivity index (χ4v) is 4.92. The van der Waals surface area contributed by atoms with Gasteiger partial charge in [0.05, 0.1) is 43.0 Å². The van der Waals surface area contributed by atoms with Crippen LogP contribution in [0.1, 0.15) is 18.5 Å². The average molecular weight is 458 g/mol. The molecule has 0 saturated carbocycles. The number of pyridine rings is 2. The van der Waals surface area contributed by atoms with E-state index in [0.29, 0.717) is 12.1 Å². The van der Waals surface area contributed by atoms with Gasteiger partial charge in [0.2, 0.25) is 0 Å². The van der Waals surface area contributed by atoms with Crippen LogP contribution >= 0.6 is 0 Å². The summed E-state index contributed by atoms with van der Waals surface area (Å²) >= 11 is 0. The van der Waals surface area contributed by atoms with Gasteiger partial charge in [-0.1, -0.05) is 0 Å². The molecule has 34 heavy (non-hydrogen) atoms. The number of piperidine rings is 1. The van der Waals surface area contributed by atoms with Gasteiger partial charge in [-0.05, 0) is 43.8 Å². The molecule has 9 heteroatoms. The molecule has 0 aromatic carbocycles. The maximum Gasteiger partial charge on any atom is 0.153 e. The zero-order valence-electron chi connectivity index (χ0n) is 19.3. The molecule has 0 spiro atoms. The maximum atomic E-state index is 6.58. The number of rotatable bonds is 5. The van der Waals surface area contributed by atoms with Crippen LogP contribution in [0.25, 0.3) is 16.6 Å². The number of ether oxygens (including phenoxy) is 2. The summed E-state index contributed by atoms with van der Waals surface area (Å²) in [5.41, 5.74) is 4.89. The lowest BCUT2D eigenvalue weighted by molar-refractivity contribution is -0.0879. The van der Waals surface area contributed by atoms with Gasteiger partial charge in [-0.3, -0.25) is 9.88 Å². The lowest BCUT2D eigenvalue weighted by Gasteiger charge is -2.46. The molecule has 2 fully saturated rings. The Hall–Kier alpha value is -3.56. The monoisotopic (exact) mass is 457 g/mol. The number of morpholine rings is 1. The summed E-state index contributed by atoms with van der Waals surface area (Å²) in [7, 11) is 2.20. The van der Waals surface area contributed by atoms with Gasteiger partial charge in [0.1, 0.15) is 11.9 Å². The van der Waals surface area contributed by atoms with Crippen LogP contribution in [0, 0.1) is 6.92 Å². The molecule has 2 bridgehead atoms. The topological polar surface area (TPSA) is 89.7 Å². The van der Waals surface area contributed by atoms with E-state index in [9.17, 15) is 0 Å². The molecule has 2 aliphatic heterocycles. The number of nitrogens with zero attached hydrogens (tertiary/aromatic N) is 6. The molecule has 2 saturated heterocycles. The Bertz CT molecular complexity index is 1300. The van der Waals surface area contributed by atoms with Crippen molar-refractivity contribution in [2.75, 3.05) is 25.6 Å². The Kier molecular flexibility index (Phi) is 5.35. The number of aryl methyl sites for hydroxylation is 1. The molecule has 0 aliphatic carbocycles. The van der Waals surface area contributed by atoms with Crippen LogP contribution in [0.3, 0.4) is 0 Å². The summed E-state index contributed by atoms with van der Waals surface area (Å²) in [5, 5.41) is 15.6. The van der Waals surface area contributed by atoms with Crippen molar-refractivity contribution in [3.05, 3.63) is 60.8 Å². The molecule has 2 aliphatic rings. The van der Waals surface area contributed by atoms with Crippen LogP contribution in [0.15, 0.2) is 55.1 Å². The molecule has 1 N–H and O–H groups in total. The summed E-state index contributed by atoms with van der Waals surface area (Å²) < 4.78 is 14.2. The number of likely N-dealkylation sites (N-methyl/N-ethyl adjacent to an activating group) is 1. The van der Waals surface area contributed by atoms with Crippen LogP contribution in [0.5, 0.6) is 5.75 Å². The van der Waals surface area contributed by atoms with Gasteiger partial charge in [0.15, 0.2) is 5.82 Å². The summed E-state index contributed by atoms with van der Waals surface area (Å²) in [5.74, 6) is 1.57. The van der Waals surface area contributed by atoms with Crippen LogP contribution in [0.4, 0.5) is 11.5 Å². The third-order valence-corrected chi connectivity index (χ3v) is 6.77. The molecule has 6 heterocycles. The second kappa shape index (κ2) is 8.66. The summed E-state index contributed by atoms with van der Waals surface area (Å²) in [6.07, 6.45) is 9.22. The Morgan fingerprint density at radius 1 is 1.06 bits per heavy atom. The Morgan fingerprint density at radius 2 is 1.91 bits per heavy atom. The first kappa shape index (κ1) is 21.0. The minimum absolute atomic E-state index is 0.154. The molecule has 4 aromatic heterocycles. The highest BCUT2D eigenvalue weighted by Gasteiger charge is 2.38. The second-order valence-corrected chi connectivity index (χ2v) is 9.11. The molecule has 0 radical (unpaired) electrons. The van der Waals surface area contributed by atoms with Crippen molar-refractivity contribution in [1.82, 2.24) is 29.7 Å². The van der Waals surface area contributed by atoms with Crippen molar-refractivity contribution in [3.63, 3.8) is 0 Å². The van der Waals surface area contributed by atoms with Crippen LogP contribution in [-0.4, -0.2) is 68.1 Å². The van der Waals surface area contributed by atoms with Gasteiger partial charge in [-0.15, -0.1) is 0 Å². The molecular formula is C25H27N7O2. The highest BCUT2D eigenvalue weighted by molar-refractivity contribution is 5.75. The summed E-state index contributed by atoms with van der Waals surface area (Å²) in [6.45, 7) is 3.55. The van der Waals surface area contributed by atoms with Crippen LogP contribution in [0.2, 0.25) is 0 Å². The van der Waals surface area contributed by atoms with E-state index in [2.05, 4.69) is 55.7 Å². The smallest absolute Gasteiger partial charge is 0.153 e. The lowest BCUT2D eigenvalue weighted by Crippen LogP contribution is -2.57. The Labute approximate surface area is 197 Å². The minimum atomic E-state index is 0.154. The summed E-state index contributed by atoms with van der Waals surface area (Å²) in [6, 6.07) is 11.0. The van der Waals surface area contributed by atoms with E-state index in [1.807, 2.05) is 36.0 Å². The number of aromatic nitrogens is 5. The highest BCUT2D eigenvalue weighted by Crippen LogP contribution is 2.35. The molecule has 174 valence electrons. The van der Waals surface area contributed by atoms with Crippen molar-refractivity contribution in [1.29, 1.82) is 0 Å². The number of hydrogen-bond acceptors (Lipinski definition) is 8. The first-order chi connectivity index (χ1) is 16.6. The third-order valence-electron chi connectivity index (χ3n) is 6.77. The molecule has 6 rings (SSSR count). The standard InChI is InChI=1S/C25H27N7O2/c1-16-7-23(24(13-26-16)34-22-9-20-14-33-15-21(10-22)31(20)2)17-4-6-32-19(8-17)11-25(30-32)29-18-3-5-27-28-12-18/h3-8,11-13,20-22H,9-10,14-15H2,1-2H3,(H,27,29,30)/t20-,21+,22?. The predicted molar refractivity (Wildman–Crippen MR) is 128 cm³/mol. The number of nitrogens with one attached hydrogen (secondary N) is 1. The molecular weight excluding hydrogens is 430 g/mol. The molecule has 3 atom stereocenters. The van der Waals surface area contributed by atoms with E-state index in [4.69, 9.17) is 9.47 Å². The fourth-order valence-electron chi connectivity index (χ4n) is 4.92. The van der Waals surface area contributed by atoms with E-state index >= 15 is 0 Å². The summed E-state index contributed by atoms with van der Waals surface area (Å²) in [4.78, 5) is 6.98. The fraction of sp³-hybridized carbons (Fsp3) is 0.360. The van der Waals surface area contributed by atoms with E-state index in [1.54, 1.807) is 12.4 Å². The minimum Gasteiger partial charge on any atom is -0.488 e. The second-order valence-electron chi connectivity index (χ2n) is 9.11. The normalized spacial score (nSPS) is 22.6. The van der Waals surface area contributed by atoms with Gasteiger partial charge in [-0.2, -0.15) is 15.3 Å². The van der Waals surface area contributed by atoms with Crippen molar-refractivity contribution in [2.24, 2.45) is 0 Å². The van der Waals surface area contributed by atoms with Crippen molar-refractivity contribution < 1.29 is 9.47 Å². The van der Waals surface area contributed by atoms with Crippen LogP contribution in [-0.2, 0) is 4.74 Å². The lowest BCUT2D eigenvalue weighted by atomic mass is 9.92. The Morgan fingerprint density at radius 3 is 2.71 bits per heavy atom. The van der Waals surface area contributed by atoms with Gasteiger partial charge in [-0.25, -0.2) is 4.52 Å². The zero-order valence-corrected chi connectivity index (χ0v) is 19.3. The Balaban J connectivity index is 1.28. The van der Waals surface area contributed by atoms with E-state index in [0.717, 1.165) is 65.6 Å². The molecule has 0 amide bonds. The third kappa shape index (κ3) is 4.08. The molecule has 4 aromatic rings. The number of hydrogen-bond donors (Lipinski definition) is 1. The predicted octanol–water partition coefficient (Wildman–Crippen LogP) is 3.48. The van der Waals surface area contributed by atoms with Gasteiger partial charge < -0.3 is 14.8 Å². The van der Waals surface area contributed by atoms with Crippen LogP contribution < -0.4 is 10.1 Å². The first-order valence-electron chi connectivity index (χ1n) is 11.6. The number of fused-ring (bicyclic) bond motifs is 3. The SMILES string of the molecule is Cc1cc(-c2ccn3nc(Nc4ccnnc4)cc3c2)c(OC2C[C@H]3COC[C@@H](C2)N3C)cn1. The first-order valence-corrected chi connectivity index (χ1v) is 11.6. The van der Waals surface area contributed by atoms with Gasteiger partial charge >= 0.3 is 0 Å². The number of anilines is 2. The largest absolute Gasteiger partial charge is 0.488 e. The quantitative estimate of drug-likeness (QED) is 0.487. The molecule has 9 nitrogen and oxygen atoms in total. The zero-order chi connectivity index (χ0) is 23.1. The average Bonchev–Trinajstić information content (AvgIpc) is 3.23. The van der Waals surface area contributed by atoms with Gasteiger partial charge in [0, 0.05) is 48.4 Å². The molecule has 1 unspecified atom stereocenters. The van der Waals surface area contributed by atoms with E-state index in [1.165, 1.54) is 0 Å². The van der Waals surface area contributed by atoms with Crippen molar-refractivity contribution in [3.8, 4) is 16.9 Å². The van der Waals surface area contributed by atoms with E-state index < -0.39 is 0 Å². The van der Waals surface area contributed by atoms with Crippen molar-refractivity contribution >= 4 is 17.0 Å². The van der Waals surface area contributed by atoms with E-state index in [-0.39, 0.29) is 6.10 Å².